The van der Waals surface area contributed by atoms with E-state index in [1.54, 1.807) is 11.8 Å². The van der Waals surface area contributed by atoms with Gasteiger partial charge in [0.15, 0.2) is 0 Å². The van der Waals surface area contributed by atoms with E-state index in [4.69, 9.17) is 0 Å². The van der Waals surface area contributed by atoms with Gasteiger partial charge in [0.05, 0.1) is 0 Å². The van der Waals surface area contributed by atoms with E-state index in [1.165, 1.54) is 16.0 Å². The Hall–Kier alpha value is -3.95. The van der Waals surface area contributed by atoms with Crippen molar-refractivity contribution in [3.05, 3.63) is 138 Å². The highest BCUT2D eigenvalue weighted by atomic mass is 32.2. The molecule has 2 N–H and O–H groups in total. The van der Waals surface area contributed by atoms with E-state index in [0.717, 1.165) is 45.6 Å². The average Bonchev–Trinajstić information content (AvgIpc) is 3.01. The highest BCUT2D eigenvalue weighted by Gasteiger charge is 2.20. The molecule has 5 rings (SSSR count). The number of hydrogen-bond acceptors (Lipinski definition) is 3. The minimum Gasteiger partial charge on any atom is -0.507 e. The van der Waals surface area contributed by atoms with Crippen LogP contribution in [-0.4, -0.2) is 10.2 Å². The SMILES string of the molecule is CC(C)(C)c1cc(CSc2ccccc2)c(O)c(-c2ccccc2)c1.CCc1cc(C(C)(C)C)cc(-c2ccccc2)c1O. The standard InChI is InChI=1S/C23H24OS.C18H22O/c1-23(2,3)19-14-18(16-25-20-12-8-5-9-13-20)22(24)21(15-19)17-10-6-4-7-11-17;1-5-13-11-15(18(2,3)4)12-16(17(13)19)14-9-7-6-8-10-14/h4-15,24H,16H2,1-3H3;6-12,19H,5H2,1-4H3. The number of hydrogen-bond donors (Lipinski definition) is 2. The predicted molar refractivity (Wildman–Crippen MR) is 190 cm³/mol. The minimum absolute atomic E-state index is 0.0311. The molecule has 0 aliphatic carbocycles. The molecule has 0 saturated heterocycles. The van der Waals surface area contributed by atoms with Crippen LogP contribution in [0.5, 0.6) is 11.5 Å². The summed E-state index contributed by atoms with van der Waals surface area (Å²) >= 11 is 1.75. The molecule has 0 aromatic heterocycles. The maximum Gasteiger partial charge on any atom is 0.127 e. The third-order valence-corrected chi connectivity index (χ3v) is 8.86. The van der Waals surface area contributed by atoms with Gasteiger partial charge in [0.1, 0.15) is 11.5 Å². The van der Waals surface area contributed by atoms with Gasteiger partial charge in [0.25, 0.3) is 0 Å². The van der Waals surface area contributed by atoms with Crippen LogP contribution in [0.1, 0.15) is 70.7 Å². The number of aryl methyl sites for hydroxylation is 1. The van der Waals surface area contributed by atoms with Crippen LogP contribution < -0.4 is 0 Å². The Kier molecular flexibility index (Phi) is 10.7. The van der Waals surface area contributed by atoms with Crippen molar-refractivity contribution in [2.75, 3.05) is 0 Å². The third kappa shape index (κ3) is 8.36. The quantitative estimate of drug-likeness (QED) is 0.190. The molecule has 0 fully saturated rings. The number of rotatable bonds is 6. The smallest absolute Gasteiger partial charge is 0.127 e. The van der Waals surface area contributed by atoms with E-state index in [2.05, 4.69) is 97.0 Å². The molecule has 0 amide bonds. The first kappa shape index (κ1) is 33.0. The molecule has 5 aromatic rings. The van der Waals surface area contributed by atoms with Crippen molar-refractivity contribution in [3.8, 4) is 33.8 Å². The molecule has 0 unspecified atom stereocenters. The summed E-state index contributed by atoms with van der Waals surface area (Å²) in [6, 6.07) is 39.1. The topological polar surface area (TPSA) is 40.5 Å². The Morgan fingerprint density at radius 1 is 0.523 bits per heavy atom. The largest absolute Gasteiger partial charge is 0.507 e. The molecule has 0 atom stereocenters. The second kappa shape index (κ2) is 14.2. The van der Waals surface area contributed by atoms with E-state index >= 15 is 0 Å². The summed E-state index contributed by atoms with van der Waals surface area (Å²) in [7, 11) is 0. The second-order valence-corrected chi connectivity index (χ2v) is 14.3. The van der Waals surface area contributed by atoms with Crippen molar-refractivity contribution in [2.45, 2.75) is 76.4 Å². The zero-order chi connectivity index (χ0) is 31.9. The minimum atomic E-state index is 0.0311. The van der Waals surface area contributed by atoms with E-state index in [9.17, 15) is 10.2 Å². The summed E-state index contributed by atoms with van der Waals surface area (Å²) in [5.74, 6) is 1.56. The van der Waals surface area contributed by atoms with Crippen molar-refractivity contribution < 1.29 is 10.2 Å². The average molecular weight is 603 g/mol. The van der Waals surface area contributed by atoms with Gasteiger partial charge in [0, 0.05) is 27.3 Å². The van der Waals surface area contributed by atoms with Gasteiger partial charge in [-0.3, -0.25) is 0 Å². The van der Waals surface area contributed by atoms with Crippen molar-refractivity contribution >= 4 is 11.8 Å². The lowest BCUT2D eigenvalue weighted by Gasteiger charge is -2.22. The van der Waals surface area contributed by atoms with Crippen molar-refractivity contribution in [3.63, 3.8) is 0 Å². The molecule has 0 radical (unpaired) electrons. The molecule has 44 heavy (non-hydrogen) atoms. The Morgan fingerprint density at radius 3 is 1.32 bits per heavy atom. The fourth-order valence-electron chi connectivity index (χ4n) is 4.99. The molecular formula is C41H46O2S. The van der Waals surface area contributed by atoms with Gasteiger partial charge in [-0.05, 0) is 69.3 Å². The van der Waals surface area contributed by atoms with Crippen LogP contribution in [0, 0.1) is 0 Å². The maximum atomic E-state index is 10.9. The van der Waals surface area contributed by atoms with Crippen LogP contribution in [0.3, 0.4) is 0 Å². The van der Waals surface area contributed by atoms with Gasteiger partial charge in [0.2, 0.25) is 0 Å². The predicted octanol–water partition coefficient (Wildman–Crippen LogP) is 11.6. The highest BCUT2D eigenvalue weighted by Crippen LogP contribution is 2.40. The second-order valence-electron chi connectivity index (χ2n) is 13.3. The van der Waals surface area contributed by atoms with E-state index in [0.29, 0.717) is 11.5 Å². The molecule has 0 bridgehead atoms. The zero-order valence-corrected chi connectivity index (χ0v) is 28.0. The first-order chi connectivity index (χ1) is 20.9. The van der Waals surface area contributed by atoms with Crippen LogP contribution in [0.4, 0.5) is 0 Å². The fourth-order valence-corrected chi connectivity index (χ4v) is 5.88. The Bertz CT molecular complexity index is 1650. The Balaban J connectivity index is 0.000000209. The van der Waals surface area contributed by atoms with Crippen LogP contribution in [-0.2, 0) is 23.0 Å². The summed E-state index contributed by atoms with van der Waals surface area (Å²) in [4.78, 5) is 1.21. The summed E-state index contributed by atoms with van der Waals surface area (Å²) < 4.78 is 0. The van der Waals surface area contributed by atoms with Crippen molar-refractivity contribution in [1.82, 2.24) is 0 Å². The van der Waals surface area contributed by atoms with Crippen LogP contribution >= 0.6 is 11.8 Å². The summed E-state index contributed by atoms with van der Waals surface area (Å²) in [6.45, 7) is 15.3. The fraction of sp³-hybridized carbons (Fsp3) is 0.268. The lowest BCUT2D eigenvalue weighted by atomic mass is 9.83. The van der Waals surface area contributed by atoms with Gasteiger partial charge >= 0.3 is 0 Å². The molecule has 5 aromatic carbocycles. The number of phenolic OH excluding ortho intramolecular Hbond substituents is 2. The van der Waals surface area contributed by atoms with Gasteiger partial charge in [-0.2, -0.15) is 0 Å². The first-order valence-corrected chi connectivity index (χ1v) is 16.4. The molecule has 0 spiro atoms. The number of phenols is 2. The number of benzene rings is 5. The molecule has 228 valence electrons. The number of aromatic hydroxyl groups is 2. The summed E-state index contributed by atoms with van der Waals surface area (Å²) in [5.41, 5.74) is 8.60. The third-order valence-electron chi connectivity index (χ3n) is 7.80. The normalized spacial score (nSPS) is 11.5. The summed E-state index contributed by atoms with van der Waals surface area (Å²) in [6.07, 6.45) is 0.843. The lowest BCUT2D eigenvalue weighted by molar-refractivity contribution is 0.469. The van der Waals surface area contributed by atoms with E-state index in [-0.39, 0.29) is 10.8 Å². The number of thioether (sulfide) groups is 1. The van der Waals surface area contributed by atoms with Crippen molar-refractivity contribution in [2.24, 2.45) is 0 Å². The van der Waals surface area contributed by atoms with Crippen LogP contribution in [0.15, 0.2) is 120 Å². The van der Waals surface area contributed by atoms with Gasteiger partial charge in [-0.15, -0.1) is 11.8 Å². The van der Waals surface area contributed by atoms with Crippen molar-refractivity contribution in [1.29, 1.82) is 0 Å². The Labute approximate surface area is 268 Å². The van der Waals surface area contributed by atoms with Gasteiger partial charge in [-0.1, -0.05) is 139 Å². The highest BCUT2D eigenvalue weighted by molar-refractivity contribution is 7.98. The molecular weight excluding hydrogens is 557 g/mol. The van der Waals surface area contributed by atoms with Gasteiger partial charge in [-0.25, -0.2) is 0 Å². The summed E-state index contributed by atoms with van der Waals surface area (Å²) in [5, 5.41) is 21.3. The molecule has 0 heterocycles. The molecule has 0 saturated carbocycles. The first-order valence-electron chi connectivity index (χ1n) is 15.4. The maximum absolute atomic E-state index is 10.9. The molecule has 2 nitrogen and oxygen atoms in total. The molecule has 0 aliphatic heterocycles. The van der Waals surface area contributed by atoms with Gasteiger partial charge < -0.3 is 10.2 Å². The van der Waals surface area contributed by atoms with E-state index < -0.39 is 0 Å². The van der Waals surface area contributed by atoms with Crippen LogP contribution in [0.2, 0.25) is 0 Å². The van der Waals surface area contributed by atoms with Crippen LogP contribution in [0.25, 0.3) is 22.3 Å². The molecule has 0 aliphatic rings. The Morgan fingerprint density at radius 2 is 0.909 bits per heavy atom. The van der Waals surface area contributed by atoms with E-state index in [1.807, 2.05) is 66.7 Å². The monoisotopic (exact) mass is 602 g/mol. The molecule has 3 heteroatoms. The lowest BCUT2D eigenvalue weighted by Crippen LogP contribution is -2.11. The zero-order valence-electron chi connectivity index (χ0n) is 27.2.